The molecule has 0 spiro atoms. The molecule has 1 fully saturated rings. The zero-order valence-electron chi connectivity index (χ0n) is 10.4. The Labute approximate surface area is 106 Å². The third-order valence-corrected chi connectivity index (χ3v) is 3.07. The molecular formula is C13H17FN2O2. The summed E-state index contributed by atoms with van der Waals surface area (Å²) in [6, 6.07) is 4.56. The minimum absolute atomic E-state index is 0.0782. The Bertz CT molecular complexity index is 447. The quantitative estimate of drug-likeness (QED) is 0.811. The number of hydrogen-bond donors (Lipinski definition) is 1. The first kappa shape index (κ1) is 12.8. The number of hydrogen-bond acceptors (Lipinski definition) is 3. The Morgan fingerprint density at radius 1 is 1.56 bits per heavy atom. The zero-order chi connectivity index (χ0) is 13.1. The smallest absolute Gasteiger partial charge is 0.256 e. The summed E-state index contributed by atoms with van der Waals surface area (Å²) in [6.07, 6.45) is 1.98. The Balaban J connectivity index is 2.19. The van der Waals surface area contributed by atoms with E-state index in [0.29, 0.717) is 13.2 Å². The van der Waals surface area contributed by atoms with E-state index < -0.39 is 5.82 Å². The number of nitrogen functional groups attached to an aromatic ring is 1. The van der Waals surface area contributed by atoms with E-state index in [1.54, 1.807) is 18.1 Å². The lowest BCUT2D eigenvalue weighted by atomic mass is 10.1. The third kappa shape index (κ3) is 2.61. The van der Waals surface area contributed by atoms with Crippen molar-refractivity contribution in [1.29, 1.82) is 0 Å². The molecule has 98 valence electrons. The van der Waals surface area contributed by atoms with Crippen LogP contribution < -0.4 is 5.73 Å². The maximum Gasteiger partial charge on any atom is 0.256 e. The van der Waals surface area contributed by atoms with Crippen molar-refractivity contribution in [3.05, 3.63) is 29.6 Å². The van der Waals surface area contributed by atoms with E-state index in [0.717, 1.165) is 12.8 Å². The van der Waals surface area contributed by atoms with Gasteiger partial charge in [0.25, 0.3) is 5.91 Å². The predicted octanol–water partition coefficient (Wildman–Crippen LogP) is 1.66. The Kier molecular flexibility index (Phi) is 3.81. The number of nitrogens with two attached hydrogens (primary N) is 1. The lowest BCUT2D eigenvalue weighted by Gasteiger charge is -2.22. The van der Waals surface area contributed by atoms with Crippen molar-refractivity contribution < 1.29 is 13.9 Å². The lowest BCUT2D eigenvalue weighted by Crippen LogP contribution is -2.36. The number of methoxy groups -OCH3 is 1. The van der Waals surface area contributed by atoms with E-state index in [9.17, 15) is 9.18 Å². The number of benzene rings is 1. The Hall–Kier alpha value is -1.62. The van der Waals surface area contributed by atoms with E-state index in [4.69, 9.17) is 10.5 Å². The van der Waals surface area contributed by atoms with Gasteiger partial charge in [-0.2, -0.15) is 0 Å². The SMILES string of the molecule is COCCN(C(=O)c1cccc(F)c1N)C1CC1. The first-order valence-corrected chi connectivity index (χ1v) is 5.99. The van der Waals surface area contributed by atoms with Crippen LogP contribution in [0, 0.1) is 5.82 Å². The van der Waals surface area contributed by atoms with Gasteiger partial charge in [-0.1, -0.05) is 6.07 Å². The highest BCUT2D eigenvalue weighted by molar-refractivity contribution is 5.99. The number of ether oxygens (including phenoxy) is 1. The number of amides is 1. The van der Waals surface area contributed by atoms with Gasteiger partial charge in [0.15, 0.2) is 0 Å². The molecule has 0 bridgehead atoms. The molecular weight excluding hydrogens is 235 g/mol. The van der Waals surface area contributed by atoms with Crippen LogP contribution >= 0.6 is 0 Å². The van der Waals surface area contributed by atoms with Gasteiger partial charge in [0.2, 0.25) is 0 Å². The first-order valence-electron chi connectivity index (χ1n) is 5.99. The number of rotatable bonds is 5. The van der Waals surface area contributed by atoms with E-state index in [1.807, 2.05) is 0 Å². The third-order valence-electron chi connectivity index (χ3n) is 3.07. The average Bonchev–Trinajstić information content (AvgIpc) is 3.17. The second-order valence-corrected chi connectivity index (χ2v) is 4.42. The molecule has 1 aliphatic rings. The second kappa shape index (κ2) is 5.35. The van der Waals surface area contributed by atoms with E-state index in [2.05, 4.69) is 0 Å². The van der Waals surface area contributed by atoms with Crippen LogP contribution in [0.3, 0.4) is 0 Å². The highest BCUT2D eigenvalue weighted by Crippen LogP contribution is 2.29. The molecule has 0 saturated heterocycles. The molecule has 0 heterocycles. The summed E-state index contributed by atoms with van der Waals surface area (Å²) in [5, 5.41) is 0. The van der Waals surface area contributed by atoms with Crippen molar-refractivity contribution in [2.24, 2.45) is 0 Å². The first-order chi connectivity index (χ1) is 8.65. The normalized spacial score (nSPS) is 14.6. The molecule has 2 rings (SSSR count). The molecule has 0 aromatic heterocycles. The summed E-state index contributed by atoms with van der Waals surface area (Å²) >= 11 is 0. The molecule has 0 unspecified atom stereocenters. The summed E-state index contributed by atoms with van der Waals surface area (Å²) in [5.41, 5.74) is 5.77. The molecule has 5 heteroatoms. The maximum atomic E-state index is 13.4. The zero-order valence-corrected chi connectivity index (χ0v) is 10.4. The molecule has 0 atom stereocenters. The van der Waals surface area contributed by atoms with Gasteiger partial charge < -0.3 is 15.4 Å². The standard InChI is InChI=1S/C13H17FN2O2/c1-18-8-7-16(9-5-6-9)13(17)10-3-2-4-11(14)12(10)15/h2-4,9H,5-8,15H2,1H3. The summed E-state index contributed by atoms with van der Waals surface area (Å²) in [6.45, 7) is 0.980. The molecule has 4 nitrogen and oxygen atoms in total. The van der Waals surface area contributed by atoms with Gasteiger partial charge in [0.1, 0.15) is 5.82 Å². The molecule has 1 saturated carbocycles. The van der Waals surface area contributed by atoms with Gasteiger partial charge in [-0.05, 0) is 25.0 Å². The van der Waals surface area contributed by atoms with Crippen molar-refractivity contribution in [2.75, 3.05) is 26.0 Å². The minimum atomic E-state index is -0.552. The number of anilines is 1. The maximum absolute atomic E-state index is 13.4. The van der Waals surface area contributed by atoms with E-state index in [-0.39, 0.29) is 23.2 Å². The molecule has 0 aliphatic heterocycles. The fourth-order valence-electron chi connectivity index (χ4n) is 1.90. The Morgan fingerprint density at radius 2 is 2.28 bits per heavy atom. The van der Waals surface area contributed by atoms with Gasteiger partial charge in [-0.25, -0.2) is 4.39 Å². The predicted molar refractivity (Wildman–Crippen MR) is 66.7 cm³/mol. The average molecular weight is 252 g/mol. The van der Waals surface area contributed by atoms with Gasteiger partial charge in [0, 0.05) is 19.7 Å². The molecule has 18 heavy (non-hydrogen) atoms. The lowest BCUT2D eigenvalue weighted by molar-refractivity contribution is 0.0681. The van der Waals surface area contributed by atoms with Crippen molar-refractivity contribution in [3.8, 4) is 0 Å². The number of carbonyl (C=O) groups is 1. The Morgan fingerprint density at radius 3 is 2.89 bits per heavy atom. The molecule has 2 N–H and O–H groups in total. The number of para-hydroxylation sites is 1. The number of carbonyl (C=O) groups excluding carboxylic acids is 1. The van der Waals surface area contributed by atoms with E-state index in [1.165, 1.54) is 12.1 Å². The van der Waals surface area contributed by atoms with Gasteiger partial charge >= 0.3 is 0 Å². The number of nitrogens with zero attached hydrogens (tertiary/aromatic N) is 1. The van der Waals surface area contributed by atoms with Crippen molar-refractivity contribution in [3.63, 3.8) is 0 Å². The van der Waals surface area contributed by atoms with Crippen molar-refractivity contribution >= 4 is 11.6 Å². The number of halogens is 1. The fraction of sp³-hybridized carbons (Fsp3) is 0.462. The van der Waals surface area contributed by atoms with Crippen molar-refractivity contribution in [2.45, 2.75) is 18.9 Å². The van der Waals surface area contributed by atoms with Crippen LogP contribution in [-0.2, 0) is 4.74 Å². The second-order valence-electron chi connectivity index (χ2n) is 4.42. The van der Waals surface area contributed by atoms with Crippen LogP contribution in [-0.4, -0.2) is 37.1 Å². The summed E-state index contributed by atoms with van der Waals surface area (Å²) < 4.78 is 18.3. The van der Waals surface area contributed by atoms with Crippen LogP contribution in [0.4, 0.5) is 10.1 Å². The topological polar surface area (TPSA) is 55.6 Å². The molecule has 1 aliphatic carbocycles. The van der Waals surface area contributed by atoms with Crippen LogP contribution in [0.15, 0.2) is 18.2 Å². The van der Waals surface area contributed by atoms with Crippen LogP contribution in [0.25, 0.3) is 0 Å². The monoisotopic (exact) mass is 252 g/mol. The van der Waals surface area contributed by atoms with Crippen LogP contribution in [0.1, 0.15) is 23.2 Å². The largest absolute Gasteiger partial charge is 0.396 e. The summed E-state index contributed by atoms with van der Waals surface area (Å²) in [5.74, 6) is -0.769. The van der Waals surface area contributed by atoms with Gasteiger partial charge in [-0.15, -0.1) is 0 Å². The fourth-order valence-corrected chi connectivity index (χ4v) is 1.90. The van der Waals surface area contributed by atoms with Gasteiger partial charge in [-0.3, -0.25) is 4.79 Å². The van der Waals surface area contributed by atoms with Crippen LogP contribution in [0.5, 0.6) is 0 Å². The van der Waals surface area contributed by atoms with E-state index >= 15 is 0 Å². The molecule has 0 radical (unpaired) electrons. The molecule has 1 aromatic carbocycles. The van der Waals surface area contributed by atoms with Crippen LogP contribution in [0.2, 0.25) is 0 Å². The highest BCUT2D eigenvalue weighted by atomic mass is 19.1. The van der Waals surface area contributed by atoms with Crippen molar-refractivity contribution in [1.82, 2.24) is 4.90 Å². The molecule has 1 amide bonds. The van der Waals surface area contributed by atoms with Gasteiger partial charge in [0.05, 0.1) is 17.9 Å². The minimum Gasteiger partial charge on any atom is -0.396 e. The summed E-state index contributed by atoms with van der Waals surface area (Å²) in [7, 11) is 1.59. The molecule has 1 aromatic rings. The highest BCUT2D eigenvalue weighted by Gasteiger charge is 2.33. The summed E-state index contributed by atoms with van der Waals surface area (Å²) in [4.78, 5) is 14.0.